The van der Waals surface area contributed by atoms with Gasteiger partial charge >= 0.3 is 0 Å². The van der Waals surface area contributed by atoms with Gasteiger partial charge in [-0.1, -0.05) is 122 Å². The van der Waals surface area contributed by atoms with Gasteiger partial charge in [-0.2, -0.15) is 0 Å². The van der Waals surface area contributed by atoms with Crippen LogP contribution in [0.15, 0.2) is 139 Å². The molecule has 1 spiro atoms. The average molecular weight is 875 g/mol. The summed E-state index contributed by atoms with van der Waals surface area (Å²) >= 11 is 7.68. The highest BCUT2D eigenvalue weighted by Crippen LogP contribution is 2.64. The molecule has 0 saturated heterocycles. The van der Waals surface area contributed by atoms with Gasteiger partial charge in [0.15, 0.2) is 0 Å². The molecule has 6 aromatic carbocycles. The number of aromatic nitrogens is 4. The summed E-state index contributed by atoms with van der Waals surface area (Å²) in [6.07, 6.45) is 0. The third-order valence-corrected chi connectivity index (χ3v) is 12.5. The van der Waals surface area contributed by atoms with Gasteiger partial charge in [0.1, 0.15) is 0 Å². The van der Waals surface area contributed by atoms with Gasteiger partial charge in [0, 0.05) is 31.2 Å². The predicted molar refractivity (Wildman–Crippen MR) is 233 cm³/mol. The second-order valence-electron chi connectivity index (χ2n) is 17.1. The molecule has 10 rings (SSSR count). The van der Waals surface area contributed by atoms with Crippen molar-refractivity contribution in [2.45, 2.75) is 57.8 Å². The van der Waals surface area contributed by atoms with Crippen molar-refractivity contribution in [1.82, 2.24) is 20.4 Å². The van der Waals surface area contributed by atoms with Gasteiger partial charge in [0.25, 0.3) is 0 Å². The molecule has 0 aliphatic heterocycles. The van der Waals surface area contributed by atoms with E-state index < -0.39 is 5.41 Å². The Labute approximate surface area is 348 Å². The number of hydrogen-bond acceptors (Lipinski definition) is 6. The lowest BCUT2D eigenvalue weighted by Crippen LogP contribution is -2.26. The average Bonchev–Trinajstić information content (AvgIpc) is 3.99. The fourth-order valence-corrected chi connectivity index (χ4v) is 9.30. The van der Waals surface area contributed by atoms with E-state index in [9.17, 15) is 0 Å². The fourth-order valence-electron chi connectivity index (χ4n) is 8.58. The van der Waals surface area contributed by atoms with Crippen LogP contribution in [0.4, 0.5) is 0 Å². The standard InChI is InChI=1S/C49H38Br2N4O2/c1-47(2,3)31-13-7-27(8-14-31)43-52-54-45(56-43)29-11-19-35-36-20-12-30(46-55-53-44(57-46)28-9-15-32(16-10-28)48(4,5)6)24-40(36)49(39(35)23-29)41-25-33(50)17-21-37(41)38-22-18-34(51)26-42(38)49/h7-26H,1-6H3. The molecule has 0 atom stereocenters. The molecular weight excluding hydrogens is 836 g/mol. The van der Waals surface area contributed by atoms with Crippen molar-refractivity contribution in [3.8, 4) is 68.1 Å². The van der Waals surface area contributed by atoms with Crippen molar-refractivity contribution in [3.63, 3.8) is 0 Å². The van der Waals surface area contributed by atoms with Crippen molar-refractivity contribution in [2.24, 2.45) is 0 Å². The second-order valence-corrected chi connectivity index (χ2v) is 19.0. The summed E-state index contributed by atoms with van der Waals surface area (Å²) < 4.78 is 14.9. The Morgan fingerprint density at radius 3 is 1.04 bits per heavy atom. The van der Waals surface area contributed by atoms with E-state index in [1.807, 2.05) is 0 Å². The number of nitrogens with zero attached hydrogens (tertiary/aromatic N) is 4. The number of fused-ring (bicyclic) bond motifs is 10. The number of halogens is 2. The molecule has 0 N–H and O–H groups in total. The SMILES string of the molecule is CC(C)(C)c1ccc(-c2nnc(-c3ccc4c(c3)C3(c5cc(Br)ccc5-c5ccc(Br)cc53)c3cc(-c5nnc(-c6ccc(C(C)(C)C)cc6)o5)ccc3-4)o2)cc1. The molecular formula is C49H38Br2N4O2. The minimum atomic E-state index is -0.674. The van der Waals surface area contributed by atoms with Crippen molar-refractivity contribution in [3.05, 3.63) is 164 Å². The summed E-state index contributed by atoms with van der Waals surface area (Å²) in [7, 11) is 0. The minimum absolute atomic E-state index is 0.0487. The highest BCUT2D eigenvalue weighted by molar-refractivity contribution is 9.10. The van der Waals surface area contributed by atoms with E-state index in [-0.39, 0.29) is 10.8 Å². The third-order valence-electron chi connectivity index (χ3n) is 11.5. The van der Waals surface area contributed by atoms with Crippen molar-refractivity contribution >= 4 is 31.9 Å². The van der Waals surface area contributed by atoms with E-state index in [4.69, 9.17) is 8.83 Å². The normalized spacial score (nSPS) is 13.8. The van der Waals surface area contributed by atoms with Gasteiger partial charge in [-0.05, 0) is 139 Å². The van der Waals surface area contributed by atoms with Crippen LogP contribution in [0.1, 0.15) is 74.9 Å². The van der Waals surface area contributed by atoms with Crippen LogP contribution in [-0.2, 0) is 16.2 Å². The summed E-state index contributed by atoms with van der Waals surface area (Å²) in [6.45, 7) is 13.2. The highest BCUT2D eigenvalue weighted by Gasteiger charge is 2.52. The lowest BCUT2D eigenvalue weighted by molar-refractivity contribution is 0.581. The molecule has 2 aromatic heterocycles. The summed E-state index contributed by atoms with van der Waals surface area (Å²) in [5, 5.41) is 18.2. The number of hydrogen-bond donors (Lipinski definition) is 0. The monoisotopic (exact) mass is 872 g/mol. The zero-order chi connectivity index (χ0) is 39.4. The van der Waals surface area contributed by atoms with Crippen LogP contribution >= 0.6 is 31.9 Å². The van der Waals surface area contributed by atoms with Gasteiger partial charge < -0.3 is 8.83 Å². The molecule has 2 aliphatic carbocycles. The van der Waals surface area contributed by atoms with Gasteiger partial charge in [-0.3, -0.25) is 0 Å². The molecule has 2 aliphatic rings. The molecule has 280 valence electrons. The maximum absolute atomic E-state index is 6.42. The summed E-state index contributed by atoms with van der Waals surface area (Å²) in [5.74, 6) is 1.91. The van der Waals surface area contributed by atoms with E-state index in [2.05, 4.69) is 215 Å². The Kier molecular flexibility index (Phi) is 8.06. The molecule has 6 nitrogen and oxygen atoms in total. The number of rotatable bonds is 4. The van der Waals surface area contributed by atoms with E-state index in [1.165, 1.54) is 33.4 Å². The number of benzene rings is 6. The summed E-state index contributed by atoms with van der Waals surface area (Å²) in [4.78, 5) is 0. The summed E-state index contributed by atoms with van der Waals surface area (Å²) in [5.41, 5.74) is 14.7. The Bertz CT molecular complexity index is 2690. The van der Waals surface area contributed by atoms with Crippen LogP contribution in [0.2, 0.25) is 0 Å². The molecule has 0 fully saturated rings. The van der Waals surface area contributed by atoms with Crippen molar-refractivity contribution in [1.29, 1.82) is 0 Å². The Morgan fingerprint density at radius 1 is 0.386 bits per heavy atom. The minimum Gasteiger partial charge on any atom is -0.416 e. The topological polar surface area (TPSA) is 77.8 Å². The zero-order valence-corrected chi connectivity index (χ0v) is 35.6. The molecule has 0 unspecified atom stereocenters. The first-order valence-corrected chi connectivity index (χ1v) is 20.7. The van der Waals surface area contributed by atoms with Crippen LogP contribution in [0.3, 0.4) is 0 Å². The van der Waals surface area contributed by atoms with Crippen LogP contribution in [-0.4, -0.2) is 20.4 Å². The predicted octanol–water partition coefficient (Wildman–Crippen LogP) is 13.6. The van der Waals surface area contributed by atoms with Gasteiger partial charge in [0.2, 0.25) is 23.6 Å². The van der Waals surface area contributed by atoms with Crippen LogP contribution in [0.25, 0.3) is 68.1 Å². The van der Waals surface area contributed by atoms with E-state index >= 15 is 0 Å². The molecule has 0 saturated carbocycles. The molecule has 0 radical (unpaired) electrons. The second kappa shape index (κ2) is 12.8. The Morgan fingerprint density at radius 2 is 0.684 bits per heavy atom. The largest absolute Gasteiger partial charge is 0.416 e. The zero-order valence-electron chi connectivity index (χ0n) is 32.4. The first-order valence-electron chi connectivity index (χ1n) is 19.1. The Balaban J connectivity index is 1.13. The fraction of sp³-hybridized carbons (Fsp3) is 0.184. The molecule has 2 heterocycles. The lowest BCUT2D eigenvalue weighted by atomic mass is 9.70. The lowest BCUT2D eigenvalue weighted by Gasteiger charge is -2.31. The van der Waals surface area contributed by atoms with Gasteiger partial charge in [-0.25, -0.2) is 0 Å². The maximum Gasteiger partial charge on any atom is 0.248 e. The van der Waals surface area contributed by atoms with Crippen LogP contribution in [0.5, 0.6) is 0 Å². The third kappa shape index (κ3) is 5.71. The van der Waals surface area contributed by atoms with E-state index in [1.54, 1.807) is 0 Å². The molecule has 0 bridgehead atoms. The van der Waals surface area contributed by atoms with Crippen LogP contribution < -0.4 is 0 Å². The first-order chi connectivity index (χ1) is 27.3. The molecule has 57 heavy (non-hydrogen) atoms. The molecule has 8 aromatic rings. The highest BCUT2D eigenvalue weighted by atomic mass is 79.9. The first kappa shape index (κ1) is 35.9. The molecule has 0 amide bonds. The van der Waals surface area contributed by atoms with Crippen LogP contribution in [0, 0.1) is 0 Å². The Hall–Kier alpha value is -5.44. The maximum atomic E-state index is 6.42. The van der Waals surface area contributed by atoms with Crippen molar-refractivity contribution < 1.29 is 8.83 Å². The quantitative estimate of drug-likeness (QED) is 0.175. The van der Waals surface area contributed by atoms with Crippen molar-refractivity contribution in [2.75, 3.05) is 0 Å². The summed E-state index contributed by atoms with van der Waals surface area (Å²) in [6, 6.07) is 43.0. The van der Waals surface area contributed by atoms with Gasteiger partial charge in [0.05, 0.1) is 5.41 Å². The smallest absolute Gasteiger partial charge is 0.248 e. The van der Waals surface area contributed by atoms with Gasteiger partial charge in [-0.15, -0.1) is 20.4 Å². The van der Waals surface area contributed by atoms with E-state index in [0.29, 0.717) is 23.6 Å². The van der Waals surface area contributed by atoms with E-state index in [0.717, 1.165) is 53.5 Å². The molecule has 8 heteroatoms.